The Hall–Kier alpha value is -2.89. The van der Waals surface area contributed by atoms with Crippen LogP contribution in [0.1, 0.15) is 31.0 Å². The maximum Gasteiger partial charge on any atom is 0.311 e. The van der Waals surface area contributed by atoms with E-state index in [0.717, 1.165) is 16.9 Å². The summed E-state index contributed by atoms with van der Waals surface area (Å²) in [5.74, 6) is -0.358. The first-order chi connectivity index (χ1) is 12.5. The van der Waals surface area contributed by atoms with Crippen molar-refractivity contribution in [1.82, 2.24) is 15.2 Å². The second kappa shape index (κ2) is 9.56. The summed E-state index contributed by atoms with van der Waals surface area (Å²) in [4.78, 5) is 30.3. The number of amides is 2. The van der Waals surface area contributed by atoms with Gasteiger partial charge in [0.15, 0.2) is 0 Å². The molecule has 1 atom stereocenters. The Bertz CT molecular complexity index is 717. The lowest BCUT2D eigenvalue weighted by molar-refractivity contribution is -0.146. The number of benzene rings is 1. The van der Waals surface area contributed by atoms with Crippen LogP contribution in [0.15, 0.2) is 48.8 Å². The Kier molecular flexibility index (Phi) is 7.14. The minimum Gasteiger partial charge on any atom is -0.497 e. The summed E-state index contributed by atoms with van der Waals surface area (Å²) in [5, 5.41) is 2.77. The van der Waals surface area contributed by atoms with Gasteiger partial charge in [-0.1, -0.05) is 12.1 Å². The largest absolute Gasteiger partial charge is 0.497 e. The standard InChI is InChI=1S/C20H25N3O3/c1-4-23(14-11-16-9-12-21-13-10-16)20(25)19(24)22-15(2)17-5-7-18(26-3)8-6-17/h5-10,12-13,15H,4,11,14H2,1-3H3,(H,22,24). The fourth-order valence-corrected chi connectivity index (χ4v) is 2.59. The van der Waals surface area contributed by atoms with Gasteiger partial charge in [-0.05, 0) is 55.7 Å². The number of methoxy groups -OCH3 is 1. The van der Waals surface area contributed by atoms with E-state index in [1.807, 2.05) is 50.2 Å². The van der Waals surface area contributed by atoms with Crippen LogP contribution in [0.25, 0.3) is 0 Å². The molecule has 138 valence electrons. The molecule has 26 heavy (non-hydrogen) atoms. The highest BCUT2D eigenvalue weighted by molar-refractivity contribution is 6.35. The number of pyridine rings is 1. The van der Waals surface area contributed by atoms with Crippen LogP contribution in [0, 0.1) is 0 Å². The van der Waals surface area contributed by atoms with E-state index in [9.17, 15) is 9.59 Å². The predicted molar refractivity (Wildman–Crippen MR) is 99.7 cm³/mol. The average Bonchev–Trinajstić information content (AvgIpc) is 2.69. The highest BCUT2D eigenvalue weighted by atomic mass is 16.5. The quantitative estimate of drug-likeness (QED) is 0.774. The van der Waals surface area contributed by atoms with Crippen molar-refractivity contribution in [3.8, 4) is 5.75 Å². The molecule has 0 spiro atoms. The molecule has 0 saturated carbocycles. The van der Waals surface area contributed by atoms with Crippen LogP contribution in [0.3, 0.4) is 0 Å². The van der Waals surface area contributed by atoms with E-state index in [4.69, 9.17) is 4.74 Å². The fourth-order valence-electron chi connectivity index (χ4n) is 2.59. The molecule has 6 nitrogen and oxygen atoms in total. The highest BCUT2D eigenvalue weighted by Gasteiger charge is 2.22. The smallest absolute Gasteiger partial charge is 0.311 e. The van der Waals surface area contributed by atoms with Crippen LogP contribution in [0.4, 0.5) is 0 Å². The van der Waals surface area contributed by atoms with Crippen LogP contribution in [-0.4, -0.2) is 41.9 Å². The Morgan fingerprint density at radius 1 is 1.15 bits per heavy atom. The molecular formula is C20H25N3O3. The molecule has 1 aromatic carbocycles. The molecule has 1 heterocycles. The van der Waals surface area contributed by atoms with Crippen molar-refractivity contribution in [2.75, 3.05) is 20.2 Å². The van der Waals surface area contributed by atoms with Gasteiger partial charge in [0, 0.05) is 25.5 Å². The number of carbonyl (C=O) groups is 2. The van der Waals surface area contributed by atoms with Gasteiger partial charge in [0.1, 0.15) is 5.75 Å². The van der Waals surface area contributed by atoms with Gasteiger partial charge in [-0.15, -0.1) is 0 Å². The molecule has 0 aliphatic rings. The molecule has 0 fully saturated rings. The molecule has 0 saturated heterocycles. The number of nitrogens with zero attached hydrogens (tertiary/aromatic N) is 2. The van der Waals surface area contributed by atoms with Gasteiger partial charge in [-0.25, -0.2) is 0 Å². The van der Waals surface area contributed by atoms with Crippen LogP contribution >= 0.6 is 0 Å². The Morgan fingerprint density at radius 3 is 2.38 bits per heavy atom. The number of ether oxygens (including phenoxy) is 1. The SMILES string of the molecule is CCN(CCc1ccncc1)C(=O)C(=O)NC(C)c1ccc(OC)cc1. The van der Waals surface area contributed by atoms with Gasteiger partial charge >= 0.3 is 11.8 Å². The van der Waals surface area contributed by atoms with Gasteiger partial charge in [-0.3, -0.25) is 14.6 Å². The lowest BCUT2D eigenvalue weighted by Crippen LogP contribution is -2.44. The van der Waals surface area contributed by atoms with E-state index < -0.39 is 11.8 Å². The topological polar surface area (TPSA) is 71.5 Å². The van der Waals surface area contributed by atoms with Gasteiger partial charge in [0.2, 0.25) is 0 Å². The number of rotatable bonds is 7. The first kappa shape index (κ1) is 19.4. The first-order valence-electron chi connectivity index (χ1n) is 8.67. The van der Waals surface area contributed by atoms with Crippen molar-refractivity contribution in [1.29, 1.82) is 0 Å². The Labute approximate surface area is 154 Å². The summed E-state index contributed by atoms with van der Waals surface area (Å²) in [6, 6.07) is 10.9. The molecule has 6 heteroatoms. The zero-order chi connectivity index (χ0) is 18.9. The van der Waals surface area contributed by atoms with Gasteiger partial charge < -0.3 is 15.0 Å². The Morgan fingerprint density at radius 2 is 1.81 bits per heavy atom. The number of hydrogen-bond acceptors (Lipinski definition) is 4. The fraction of sp³-hybridized carbons (Fsp3) is 0.350. The molecule has 1 N–H and O–H groups in total. The summed E-state index contributed by atoms with van der Waals surface area (Å²) in [6.45, 7) is 4.68. The van der Waals surface area contributed by atoms with Crippen molar-refractivity contribution < 1.29 is 14.3 Å². The highest BCUT2D eigenvalue weighted by Crippen LogP contribution is 2.17. The van der Waals surface area contributed by atoms with E-state index in [2.05, 4.69) is 10.3 Å². The molecule has 2 aromatic rings. The van der Waals surface area contributed by atoms with Crippen LogP contribution in [-0.2, 0) is 16.0 Å². The third kappa shape index (κ3) is 5.31. The molecule has 2 rings (SSSR count). The molecular weight excluding hydrogens is 330 g/mol. The van der Waals surface area contributed by atoms with Crippen molar-refractivity contribution in [3.05, 3.63) is 59.9 Å². The summed E-state index contributed by atoms with van der Waals surface area (Å²) in [5.41, 5.74) is 1.99. The number of likely N-dealkylation sites (N-methyl/N-ethyl adjacent to an activating group) is 1. The van der Waals surface area contributed by atoms with Crippen LogP contribution in [0.2, 0.25) is 0 Å². The lowest BCUT2D eigenvalue weighted by atomic mass is 10.1. The summed E-state index contributed by atoms with van der Waals surface area (Å²) >= 11 is 0. The zero-order valence-corrected chi connectivity index (χ0v) is 15.4. The second-order valence-corrected chi connectivity index (χ2v) is 5.96. The van der Waals surface area contributed by atoms with E-state index in [-0.39, 0.29) is 6.04 Å². The third-order valence-electron chi connectivity index (χ3n) is 4.25. The zero-order valence-electron chi connectivity index (χ0n) is 15.4. The molecule has 1 unspecified atom stereocenters. The summed E-state index contributed by atoms with van der Waals surface area (Å²) < 4.78 is 5.13. The first-order valence-corrected chi connectivity index (χ1v) is 8.67. The molecule has 0 aliphatic carbocycles. The van der Waals surface area contributed by atoms with Crippen molar-refractivity contribution >= 4 is 11.8 Å². The average molecular weight is 355 g/mol. The van der Waals surface area contributed by atoms with Crippen molar-refractivity contribution in [2.45, 2.75) is 26.3 Å². The van der Waals surface area contributed by atoms with Gasteiger partial charge in [0.25, 0.3) is 0 Å². The molecule has 1 aromatic heterocycles. The predicted octanol–water partition coefficient (Wildman–Crippen LogP) is 2.36. The number of carbonyl (C=O) groups excluding carboxylic acids is 2. The molecule has 0 aliphatic heterocycles. The van der Waals surface area contributed by atoms with Gasteiger partial charge in [-0.2, -0.15) is 0 Å². The van der Waals surface area contributed by atoms with Crippen LogP contribution in [0.5, 0.6) is 5.75 Å². The van der Waals surface area contributed by atoms with Gasteiger partial charge in [0.05, 0.1) is 13.2 Å². The summed E-state index contributed by atoms with van der Waals surface area (Å²) in [7, 11) is 1.60. The minimum atomic E-state index is -0.593. The second-order valence-electron chi connectivity index (χ2n) is 5.96. The normalized spacial score (nSPS) is 11.5. The van der Waals surface area contributed by atoms with E-state index in [0.29, 0.717) is 19.5 Å². The third-order valence-corrected chi connectivity index (χ3v) is 4.25. The number of hydrogen-bond donors (Lipinski definition) is 1. The molecule has 2 amide bonds. The maximum absolute atomic E-state index is 12.4. The molecule has 0 radical (unpaired) electrons. The number of aromatic nitrogens is 1. The van der Waals surface area contributed by atoms with Crippen molar-refractivity contribution in [2.24, 2.45) is 0 Å². The summed E-state index contributed by atoms with van der Waals surface area (Å²) in [6.07, 6.45) is 4.12. The number of nitrogens with one attached hydrogen (secondary N) is 1. The Balaban J connectivity index is 1.92. The lowest BCUT2D eigenvalue weighted by Gasteiger charge is -2.22. The molecule has 0 bridgehead atoms. The van der Waals surface area contributed by atoms with E-state index in [1.165, 1.54) is 0 Å². The minimum absolute atomic E-state index is 0.267. The van der Waals surface area contributed by atoms with Crippen LogP contribution < -0.4 is 10.1 Å². The maximum atomic E-state index is 12.4. The van der Waals surface area contributed by atoms with E-state index in [1.54, 1.807) is 24.4 Å². The van der Waals surface area contributed by atoms with Crippen molar-refractivity contribution in [3.63, 3.8) is 0 Å². The monoisotopic (exact) mass is 355 g/mol. The van der Waals surface area contributed by atoms with E-state index >= 15 is 0 Å².